The van der Waals surface area contributed by atoms with E-state index in [-0.39, 0.29) is 5.91 Å². The Balaban J connectivity index is 1.89. The highest BCUT2D eigenvalue weighted by Crippen LogP contribution is 2.32. The largest absolute Gasteiger partial charge is 0.416 e. The smallest absolute Gasteiger partial charge is 0.355 e. The van der Waals surface area contributed by atoms with Gasteiger partial charge in [-0.3, -0.25) is 4.79 Å². The molecule has 0 bridgehead atoms. The van der Waals surface area contributed by atoms with Gasteiger partial charge in [-0.2, -0.15) is 18.3 Å². The zero-order valence-corrected chi connectivity index (χ0v) is 13.5. The van der Waals surface area contributed by atoms with Crippen molar-refractivity contribution in [2.45, 2.75) is 6.18 Å². The minimum atomic E-state index is -4.37. The Labute approximate surface area is 147 Å². The van der Waals surface area contributed by atoms with E-state index < -0.39 is 11.7 Å². The second kappa shape index (κ2) is 6.87. The van der Waals surface area contributed by atoms with Crippen LogP contribution in [0, 0.1) is 0 Å². The first-order chi connectivity index (χ1) is 12.4. The lowest BCUT2D eigenvalue weighted by molar-refractivity contribution is -0.137. The lowest BCUT2D eigenvalue weighted by Crippen LogP contribution is -2.07. The average Bonchev–Trinajstić information content (AvgIpc) is 3.11. The second-order valence-corrected chi connectivity index (χ2v) is 5.43. The Hall–Kier alpha value is -3.35. The van der Waals surface area contributed by atoms with Gasteiger partial charge in [0.2, 0.25) is 0 Å². The van der Waals surface area contributed by atoms with Gasteiger partial charge in [-0.1, -0.05) is 24.8 Å². The van der Waals surface area contributed by atoms with Crippen LogP contribution in [0.15, 0.2) is 73.4 Å². The number of carbonyl (C=O) groups is 1. The molecule has 3 rings (SSSR count). The molecule has 0 aliphatic rings. The Morgan fingerprint density at radius 1 is 1.08 bits per heavy atom. The number of alkyl halides is 3. The molecule has 7 heteroatoms. The van der Waals surface area contributed by atoms with Crippen molar-refractivity contribution in [1.29, 1.82) is 0 Å². The summed E-state index contributed by atoms with van der Waals surface area (Å²) in [6, 6.07) is 13.6. The number of para-hydroxylation sites is 1. The SMILES string of the molecule is C=CC(=O)n1ccc(-c2ccccc2Nc2ccc(C(F)(F)F)cc2)n1. The first kappa shape index (κ1) is 17.5. The molecule has 1 N–H and O–H groups in total. The van der Waals surface area contributed by atoms with Gasteiger partial charge < -0.3 is 5.32 Å². The summed E-state index contributed by atoms with van der Waals surface area (Å²) in [5.74, 6) is -0.357. The monoisotopic (exact) mass is 357 g/mol. The van der Waals surface area contributed by atoms with Crippen molar-refractivity contribution in [3.05, 3.63) is 79.0 Å². The molecule has 3 aromatic rings. The predicted octanol–water partition coefficient (Wildman–Crippen LogP) is 5.14. The summed E-state index contributed by atoms with van der Waals surface area (Å²) in [4.78, 5) is 11.6. The molecule has 1 aromatic heterocycles. The lowest BCUT2D eigenvalue weighted by Gasteiger charge is -2.12. The van der Waals surface area contributed by atoms with Crippen LogP contribution in [-0.4, -0.2) is 15.7 Å². The molecule has 2 aromatic carbocycles. The maximum Gasteiger partial charge on any atom is 0.416 e. The molecule has 26 heavy (non-hydrogen) atoms. The van der Waals surface area contributed by atoms with Gasteiger partial charge in [0, 0.05) is 23.1 Å². The Kier molecular flexibility index (Phi) is 4.62. The van der Waals surface area contributed by atoms with Gasteiger partial charge in [0.05, 0.1) is 11.3 Å². The molecule has 0 radical (unpaired) electrons. The molecule has 1 heterocycles. The molecule has 0 amide bonds. The molecule has 0 aliphatic carbocycles. The topological polar surface area (TPSA) is 46.9 Å². The van der Waals surface area contributed by atoms with Crippen molar-refractivity contribution in [2.75, 3.05) is 5.32 Å². The molecule has 132 valence electrons. The maximum absolute atomic E-state index is 12.7. The zero-order chi connectivity index (χ0) is 18.7. The average molecular weight is 357 g/mol. The number of carbonyl (C=O) groups excluding carboxylic acids is 1. The van der Waals surface area contributed by atoms with Crippen LogP contribution in [0.2, 0.25) is 0 Å². The molecular weight excluding hydrogens is 343 g/mol. The van der Waals surface area contributed by atoms with Gasteiger partial charge in [-0.05, 0) is 42.5 Å². The minimum Gasteiger partial charge on any atom is -0.355 e. The number of benzene rings is 2. The van der Waals surface area contributed by atoms with E-state index in [9.17, 15) is 18.0 Å². The van der Waals surface area contributed by atoms with E-state index in [1.54, 1.807) is 24.3 Å². The van der Waals surface area contributed by atoms with E-state index in [1.807, 2.05) is 6.07 Å². The summed E-state index contributed by atoms with van der Waals surface area (Å²) in [5, 5.41) is 7.29. The van der Waals surface area contributed by atoms with Crippen molar-refractivity contribution in [2.24, 2.45) is 0 Å². The molecular formula is C19H14F3N3O. The molecule has 0 spiro atoms. The number of hydrogen-bond acceptors (Lipinski definition) is 3. The molecule has 0 fully saturated rings. The van der Waals surface area contributed by atoms with E-state index in [0.29, 0.717) is 22.6 Å². The van der Waals surface area contributed by atoms with Crippen LogP contribution in [0.25, 0.3) is 11.3 Å². The zero-order valence-electron chi connectivity index (χ0n) is 13.5. The number of hydrogen-bond donors (Lipinski definition) is 1. The van der Waals surface area contributed by atoms with Crippen molar-refractivity contribution in [1.82, 2.24) is 9.78 Å². The number of aromatic nitrogens is 2. The third kappa shape index (κ3) is 3.66. The summed E-state index contributed by atoms with van der Waals surface area (Å²) in [7, 11) is 0. The van der Waals surface area contributed by atoms with Crippen LogP contribution in [0.5, 0.6) is 0 Å². The highest BCUT2D eigenvalue weighted by molar-refractivity contribution is 5.89. The number of nitrogens with zero attached hydrogens (tertiary/aromatic N) is 2. The summed E-state index contributed by atoms with van der Waals surface area (Å²) >= 11 is 0. The van der Waals surface area contributed by atoms with Gasteiger partial charge in [-0.25, -0.2) is 4.68 Å². The maximum atomic E-state index is 12.7. The number of anilines is 2. The van der Waals surface area contributed by atoms with Gasteiger partial charge in [0.25, 0.3) is 5.91 Å². The normalized spacial score (nSPS) is 11.2. The highest BCUT2D eigenvalue weighted by Gasteiger charge is 2.29. The molecule has 0 unspecified atom stereocenters. The fourth-order valence-corrected chi connectivity index (χ4v) is 2.40. The first-order valence-electron chi connectivity index (χ1n) is 7.64. The summed E-state index contributed by atoms with van der Waals surface area (Å²) in [6.07, 6.45) is -1.70. The van der Waals surface area contributed by atoms with E-state index in [0.717, 1.165) is 22.9 Å². The van der Waals surface area contributed by atoms with Crippen molar-refractivity contribution >= 4 is 17.3 Å². The molecule has 4 nitrogen and oxygen atoms in total. The minimum absolute atomic E-state index is 0.357. The summed E-state index contributed by atoms with van der Waals surface area (Å²) in [5.41, 5.74) is 1.71. The summed E-state index contributed by atoms with van der Waals surface area (Å²) in [6.45, 7) is 3.41. The van der Waals surface area contributed by atoms with Crippen LogP contribution in [0.4, 0.5) is 24.5 Å². The number of nitrogens with one attached hydrogen (secondary N) is 1. The lowest BCUT2D eigenvalue weighted by atomic mass is 10.1. The summed E-state index contributed by atoms with van der Waals surface area (Å²) < 4.78 is 39.2. The fraction of sp³-hybridized carbons (Fsp3) is 0.0526. The van der Waals surface area contributed by atoms with Gasteiger partial charge in [0.1, 0.15) is 0 Å². The standard InChI is InChI=1S/C19H14F3N3O/c1-2-18(26)25-12-11-17(24-25)15-5-3-4-6-16(15)23-14-9-7-13(8-10-14)19(20,21)22/h2-12,23H,1H2. The Morgan fingerprint density at radius 2 is 1.77 bits per heavy atom. The number of rotatable bonds is 4. The van der Waals surface area contributed by atoms with Crippen LogP contribution in [0.1, 0.15) is 10.4 Å². The molecule has 0 aliphatic heterocycles. The first-order valence-corrected chi connectivity index (χ1v) is 7.64. The number of allylic oxidation sites excluding steroid dienone is 1. The highest BCUT2D eigenvalue weighted by atomic mass is 19.4. The van der Waals surface area contributed by atoms with Crippen molar-refractivity contribution in [3.63, 3.8) is 0 Å². The second-order valence-electron chi connectivity index (χ2n) is 5.43. The van der Waals surface area contributed by atoms with E-state index in [1.165, 1.54) is 18.3 Å². The van der Waals surface area contributed by atoms with Crippen molar-refractivity contribution < 1.29 is 18.0 Å². The number of halogens is 3. The van der Waals surface area contributed by atoms with Crippen LogP contribution in [0.3, 0.4) is 0 Å². The van der Waals surface area contributed by atoms with Crippen LogP contribution >= 0.6 is 0 Å². The van der Waals surface area contributed by atoms with Gasteiger partial charge in [0.15, 0.2) is 0 Å². The van der Waals surface area contributed by atoms with Crippen LogP contribution in [-0.2, 0) is 6.18 Å². The van der Waals surface area contributed by atoms with Crippen molar-refractivity contribution in [3.8, 4) is 11.3 Å². The fourth-order valence-electron chi connectivity index (χ4n) is 2.40. The molecule has 0 saturated carbocycles. The molecule has 0 atom stereocenters. The quantitative estimate of drug-likeness (QED) is 0.658. The third-order valence-corrected chi connectivity index (χ3v) is 3.68. The van der Waals surface area contributed by atoms with E-state index >= 15 is 0 Å². The predicted molar refractivity (Wildman–Crippen MR) is 93.2 cm³/mol. The molecule has 0 saturated heterocycles. The van der Waals surface area contributed by atoms with Gasteiger partial charge in [-0.15, -0.1) is 0 Å². The van der Waals surface area contributed by atoms with E-state index in [4.69, 9.17) is 0 Å². The van der Waals surface area contributed by atoms with Gasteiger partial charge >= 0.3 is 6.18 Å². The Morgan fingerprint density at radius 3 is 2.42 bits per heavy atom. The van der Waals surface area contributed by atoms with E-state index in [2.05, 4.69) is 17.0 Å². The third-order valence-electron chi connectivity index (χ3n) is 3.68. The van der Waals surface area contributed by atoms with Crippen LogP contribution < -0.4 is 5.32 Å². The Bertz CT molecular complexity index is 943.